The molecule has 5 rings (SSSR count). The predicted octanol–water partition coefficient (Wildman–Crippen LogP) is 4.70. The zero-order valence-corrected chi connectivity index (χ0v) is 18.0. The smallest absolute Gasteiger partial charge is 0.162 e. The van der Waals surface area contributed by atoms with Crippen LogP contribution < -0.4 is 4.90 Å². The average Bonchev–Trinajstić information content (AvgIpc) is 3.46. The van der Waals surface area contributed by atoms with Gasteiger partial charge in [0, 0.05) is 54.4 Å². The van der Waals surface area contributed by atoms with Crippen LogP contribution >= 0.6 is 22.7 Å². The van der Waals surface area contributed by atoms with E-state index < -0.39 is 0 Å². The topological polar surface area (TPSA) is 45.2 Å². The quantitative estimate of drug-likeness (QED) is 0.467. The molecule has 1 aliphatic rings. The van der Waals surface area contributed by atoms with Gasteiger partial charge < -0.3 is 4.90 Å². The maximum atomic E-state index is 4.98. The number of aromatic nitrogens is 3. The molecule has 1 saturated heterocycles. The third-order valence-electron chi connectivity index (χ3n) is 5.32. The lowest BCUT2D eigenvalue weighted by Crippen LogP contribution is -2.46. The van der Waals surface area contributed by atoms with Crippen LogP contribution in [-0.2, 0) is 13.0 Å². The van der Waals surface area contributed by atoms with Gasteiger partial charge in [-0.1, -0.05) is 19.1 Å². The van der Waals surface area contributed by atoms with Gasteiger partial charge in [0.05, 0.1) is 16.2 Å². The number of aryl methyl sites for hydroxylation is 1. The number of para-hydroxylation sites is 1. The van der Waals surface area contributed by atoms with Gasteiger partial charge >= 0.3 is 0 Å². The van der Waals surface area contributed by atoms with Gasteiger partial charge in [0.1, 0.15) is 5.82 Å². The molecule has 0 saturated carbocycles. The van der Waals surface area contributed by atoms with E-state index in [1.807, 2.05) is 6.07 Å². The van der Waals surface area contributed by atoms with Gasteiger partial charge in [0.15, 0.2) is 5.82 Å². The van der Waals surface area contributed by atoms with Gasteiger partial charge in [-0.05, 0) is 30.0 Å². The molecule has 0 spiro atoms. The summed E-state index contributed by atoms with van der Waals surface area (Å²) in [5.41, 5.74) is 3.30. The van der Waals surface area contributed by atoms with Crippen molar-refractivity contribution in [2.75, 3.05) is 31.1 Å². The fourth-order valence-corrected chi connectivity index (χ4v) is 5.12. The first kappa shape index (κ1) is 18.7. The number of hydrogen-bond acceptors (Lipinski definition) is 7. The molecule has 1 fully saturated rings. The second-order valence-electron chi connectivity index (χ2n) is 7.25. The average molecular weight is 422 g/mol. The van der Waals surface area contributed by atoms with Crippen LogP contribution in [0.15, 0.2) is 46.5 Å². The van der Waals surface area contributed by atoms with Gasteiger partial charge in [-0.15, -0.1) is 11.3 Å². The molecular weight excluding hydrogens is 398 g/mol. The molecule has 0 N–H and O–H groups in total. The number of fused-ring (bicyclic) bond motifs is 1. The van der Waals surface area contributed by atoms with Gasteiger partial charge in [-0.2, -0.15) is 11.3 Å². The Kier molecular flexibility index (Phi) is 5.26. The highest BCUT2D eigenvalue weighted by Crippen LogP contribution is 2.29. The number of nitrogens with zero attached hydrogens (tertiary/aromatic N) is 5. The maximum absolute atomic E-state index is 4.98. The molecule has 0 aliphatic carbocycles. The molecule has 4 heterocycles. The van der Waals surface area contributed by atoms with Crippen LogP contribution in [0, 0.1) is 0 Å². The highest BCUT2D eigenvalue weighted by Gasteiger charge is 2.22. The van der Waals surface area contributed by atoms with Crippen molar-refractivity contribution in [1.29, 1.82) is 0 Å². The Morgan fingerprint density at radius 2 is 1.83 bits per heavy atom. The molecule has 3 aromatic heterocycles. The molecule has 148 valence electrons. The van der Waals surface area contributed by atoms with E-state index in [4.69, 9.17) is 15.0 Å². The number of thiophene rings is 1. The second-order valence-corrected chi connectivity index (χ2v) is 8.97. The van der Waals surface area contributed by atoms with Crippen LogP contribution in [0.4, 0.5) is 5.82 Å². The van der Waals surface area contributed by atoms with E-state index in [1.54, 1.807) is 22.7 Å². The number of thiazole rings is 1. The molecule has 1 aromatic carbocycles. The summed E-state index contributed by atoms with van der Waals surface area (Å²) in [5.74, 6) is 1.87. The van der Waals surface area contributed by atoms with E-state index in [0.717, 1.165) is 67.3 Å². The summed E-state index contributed by atoms with van der Waals surface area (Å²) in [5, 5.41) is 8.76. The Morgan fingerprint density at radius 3 is 2.59 bits per heavy atom. The molecule has 1 aliphatic heterocycles. The van der Waals surface area contributed by atoms with E-state index >= 15 is 0 Å². The summed E-state index contributed by atoms with van der Waals surface area (Å²) in [7, 11) is 0. The van der Waals surface area contributed by atoms with Crippen LogP contribution in [0.2, 0.25) is 0 Å². The third kappa shape index (κ3) is 3.90. The molecule has 4 aromatic rings. The first-order valence-electron chi connectivity index (χ1n) is 10.00. The molecule has 0 unspecified atom stereocenters. The monoisotopic (exact) mass is 421 g/mol. The van der Waals surface area contributed by atoms with Crippen LogP contribution in [-0.4, -0.2) is 46.0 Å². The zero-order valence-electron chi connectivity index (χ0n) is 16.4. The fourth-order valence-electron chi connectivity index (χ4n) is 3.75. The SMILES string of the molecule is CCc1nc(CN2CCN(c3nc(-c4ccsc4)nc4ccccc34)CC2)cs1. The zero-order chi connectivity index (χ0) is 19.6. The summed E-state index contributed by atoms with van der Waals surface area (Å²) in [6.45, 7) is 7.08. The predicted molar refractivity (Wildman–Crippen MR) is 122 cm³/mol. The molecular formula is C22H23N5S2. The number of benzene rings is 1. The molecule has 0 atom stereocenters. The highest BCUT2D eigenvalue weighted by atomic mass is 32.1. The summed E-state index contributed by atoms with van der Waals surface area (Å²) in [4.78, 5) is 19.4. The minimum atomic E-state index is 0.817. The molecule has 0 radical (unpaired) electrons. The largest absolute Gasteiger partial charge is 0.353 e. The van der Waals surface area contributed by atoms with Crippen molar-refractivity contribution in [2.45, 2.75) is 19.9 Å². The molecule has 29 heavy (non-hydrogen) atoms. The summed E-state index contributed by atoms with van der Waals surface area (Å²) >= 11 is 3.45. The highest BCUT2D eigenvalue weighted by molar-refractivity contribution is 7.09. The van der Waals surface area contributed by atoms with Crippen LogP contribution in [0.1, 0.15) is 17.6 Å². The summed E-state index contributed by atoms with van der Waals surface area (Å²) in [6, 6.07) is 10.4. The standard InChI is InChI=1S/C22H23N5S2/c1-2-20-23-17(15-29-20)13-26-8-10-27(11-9-26)22-18-5-3-4-6-19(18)24-21(25-22)16-7-12-28-14-16/h3-7,12,14-15H,2,8-11,13H2,1H3. The lowest BCUT2D eigenvalue weighted by Gasteiger charge is -2.35. The van der Waals surface area contributed by atoms with Crippen molar-refractivity contribution in [3.63, 3.8) is 0 Å². The van der Waals surface area contributed by atoms with Crippen molar-refractivity contribution in [3.8, 4) is 11.4 Å². The van der Waals surface area contributed by atoms with Crippen molar-refractivity contribution in [1.82, 2.24) is 19.9 Å². The van der Waals surface area contributed by atoms with Crippen molar-refractivity contribution in [2.24, 2.45) is 0 Å². The van der Waals surface area contributed by atoms with E-state index in [1.165, 1.54) is 10.7 Å². The number of anilines is 1. The lowest BCUT2D eigenvalue weighted by molar-refractivity contribution is 0.247. The Hall–Kier alpha value is -2.35. The normalized spacial score (nSPS) is 15.3. The Balaban J connectivity index is 1.37. The van der Waals surface area contributed by atoms with Gasteiger partial charge in [0.25, 0.3) is 0 Å². The Labute approximate surface area is 178 Å². The summed E-state index contributed by atoms with van der Waals surface area (Å²) < 4.78 is 0. The van der Waals surface area contributed by atoms with E-state index in [9.17, 15) is 0 Å². The minimum Gasteiger partial charge on any atom is -0.353 e. The number of hydrogen-bond donors (Lipinski definition) is 0. The lowest BCUT2D eigenvalue weighted by atomic mass is 10.2. The van der Waals surface area contributed by atoms with Crippen LogP contribution in [0.5, 0.6) is 0 Å². The summed E-state index contributed by atoms with van der Waals surface area (Å²) in [6.07, 6.45) is 1.02. The Bertz CT molecular complexity index is 1100. The first-order valence-corrected chi connectivity index (χ1v) is 11.8. The Morgan fingerprint density at radius 1 is 0.966 bits per heavy atom. The van der Waals surface area contributed by atoms with Crippen molar-refractivity contribution in [3.05, 3.63) is 57.2 Å². The third-order valence-corrected chi connectivity index (χ3v) is 7.05. The first-order chi connectivity index (χ1) is 14.3. The van der Waals surface area contributed by atoms with E-state index in [2.05, 4.69) is 57.1 Å². The van der Waals surface area contributed by atoms with Crippen LogP contribution in [0.25, 0.3) is 22.3 Å². The number of rotatable bonds is 5. The molecule has 0 bridgehead atoms. The van der Waals surface area contributed by atoms with Crippen LogP contribution in [0.3, 0.4) is 0 Å². The molecule has 0 amide bonds. The van der Waals surface area contributed by atoms with Gasteiger partial charge in [-0.3, -0.25) is 4.90 Å². The molecule has 7 heteroatoms. The van der Waals surface area contributed by atoms with Gasteiger partial charge in [0.2, 0.25) is 0 Å². The van der Waals surface area contributed by atoms with Gasteiger partial charge in [-0.25, -0.2) is 15.0 Å². The molecule has 5 nitrogen and oxygen atoms in total. The van der Waals surface area contributed by atoms with Crippen molar-refractivity contribution < 1.29 is 0 Å². The maximum Gasteiger partial charge on any atom is 0.162 e. The second kappa shape index (κ2) is 8.18. The van der Waals surface area contributed by atoms with E-state index in [-0.39, 0.29) is 0 Å². The fraction of sp³-hybridized carbons (Fsp3) is 0.318. The van der Waals surface area contributed by atoms with Crippen molar-refractivity contribution >= 4 is 39.4 Å². The minimum absolute atomic E-state index is 0.817. The number of piperazine rings is 1. The van der Waals surface area contributed by atoms with E-state index in [0.29, 0.717) is 0 Å².